The number of ether oxygens (including phenoxy) is 1. The summed E-state index contributed by atoms with van der Waals surface area (Å²) in [7, 11) is 1.32. The second-order valence-corrected chi connectivity index (χ2v) is 3.90. The van der Waals surface area contributed by atoms with Crippen LogP contribution in [-0.2, 0) is 0 Å². The molecule has 19 heavy (non-hydrogen) atoms. The molecule has 1 atom stereocenters. The van der Waals surface area contributed by atoms with Crippen molar-refractivity contribution in [2.24, 2.45) is 0 Å². The summed E-state index contributed by atoms with van der Waals surface area (Å²) in [6.07, 6.45) is 0.570. The lowest BCUT2D eigenvalue weighted by molar-refractivity contribution is -0.385. The normalized spacial score (nSPS) is 11.7. The van der Waals surface area contributed by atoms with Crippen LogP contribution in [0.3, 0.4) is 0 Å². The third kappa shape index (κ3) is 3.65. The minimum atomic E-state index is -0.612. The molecule has 0 spiro atoms. The van der Waals surface area contributed by atoms with Gasteiger partial charge in [-0.15, -0.1) is 0 Å². The van der Waals surface area contributed by atoms with Gasteiger partial charge in [-0.25, -0.2) is 0 Å². The van der Waals surface area contributed by atoms with Gasteiger partial charge < -0.3 is 15.2 Å². The van der Waals surface area contributed by atoms with Crippen LogP contribution in [0.25, 0.3) is 0 Å². The van der Waals surface area contributed by atoms with E-state index in [9.17, 15) is 14.9 Å². The van der Waals surface area contributed by atoms with Gasteiger partial charge in [-0.3, -0.25) is 14.9 Å². The molecule has 0 fully saturated rings. The number of carbonyl (C=O) groups is 1. The Hall–Kier alpha value is -2.15. The molecular formula is C12H16N2O5. The second-order valence-electron chi connectivity index (χ2n) is 3.90. The molecule has 1 rings (SSSR count). The number of rotatable bonds is 6. The van der Waals surface area contributed by atoms with Crippen molar-refractivity contribution >= 4 is 11.6 Å². The van der Waals surface area contributed by atoms with Crippen LogP contribution in [-0.4, -0.2) is 35.7 Å². The van der Waals surface area contributed by atoms with Gasteiger partial charge >= 0.3 is 5.69 Å². The van der Waals surface area contributed by atoms with Crippen molar-refractivity contribution in [3.63, 3.8) is 0 Å². The zero-order chi connectivity index (χ0) is 14.4. The number of hydrogen-bond donors (Lipinski definition) is 2. The number of nitro groups is 1. The summed E-state index contributed by atoms with van der Waals surface area (Å²) in [6.45, 7) is 1.64. The Morgan fingerprint density at radius 3 is 2.74 bits per heavy atom. The van der Waals surface area contributed by atoms with Crippen molar-refractivity contribution in [3.8, 4) is 5.75 Å². The maximum atomic E-state index is 11.9. The van der Waals surface area contributed by atoms with Crippen molar-refractivity contribution in [2.75, 3.05) is 13.7 Å². The zero-order valence-corrected chi connectivity index (χ0v) is 10.8. The molecule has 0 aliphatic rings. The molecule has 1 aromatic carbocycles. The molecule has 1 amide bonds. The van der Waals surface area contributed by atoms with Gasteiger partial charge in [0.1, 0.15) is 0 Å². The molecule has 1 aromatic rings. The van der Waals surface area contributed by atoms with Crippen molar-refractivity contribution in [3.05, 3.63) is 33.9 Å². The van der Waals surface area contributed by atoms with Crippen LogP contribution in [0.2, 0.25) is 0 Å². The maximum Gasteiger partial charge on any atom is 0.311 e. The zero-order valence-electron chi connectivity index (χ0n) is 10.8. The predicted octanol–water partition coefficient (Wildman–Crippen LogP) is 1.10. The Kier molecular flexibility index (Phi) is 5.25. The first-order valence-corrected chi connectivity index (χ1v) is 5.77. The summed E-state index contributed by atoms with van der Waals surface area (Å²) in [4.78, 5) is 22.1. The summed E-state index contributed by atoms with van der Waals surface area (Å²) in [5.41, 5.74) is -0.119. The van der Waals surface area contributed by atoms with Gasteiger partial charge in [0.15, 0.2) is 5.75 Å². The Balaban J connectivity index is 2.98. The number of aliphatic hydroxyl groups is 1. The van der Waals surface area contributed by atoms with Crippen LogP contribution in [0.1, 0.15) is 23.7 Å². The average molecular weight is 268 g/mol. The molecule has 0 heterocycles. The third-order valence-electron chi connectivity index (χ3n) is 2.69. The van der Waals surface area contributed by atoms with E-state index in [1.807, 2.05) is 6.92 Å². The van der Waals surface area contributed by atoms with Gasteiger partial charge in [0.2, 0.25) is 0 Å². The molecule has 0 bridgehead atoms. The lowest BCUT2D eigenvalue weighted by Crippen LogP contribution is -2.36. The van der Waals surface area contributed by atoms with Crippen LogP contribution < -0.4 is 10.1 Å². The SMILES string of the molecule is CC[C@@H](CO)NC(=O)c1ccc(OC)c([N+](=O)[O-])c1. The van der Waals surface area contributed by atoms with Crippen LogP contribution >= 0.6 is 0 Å². The summed E-state index contributed by atoms with van der Waals surface area (Å²) >= 11 is 0. The van der Waals surface area contributed by atoms with Crippen molar-refractivity contribution in [2.45, 2.75) is 19.4 Å². The number of nitrogens with zero attached hydrogens (tertiary/aromatic N) is 1. The van der Waals surface area contributed by atoms with E-state index in [0.717, 1.165) is 6.07 Å². The third-order valence-corrected chi connectivity index (χ3v) is 2.69. The number of carbonyl (C=O) groups excluding carboxylic acids is 1. The Morgan fingerprint density at radius 1 is 1.58 bits per heavy atom. The first kappa shape index (κ1) is 14.9. The largest absolute Gasteiger partial charge is 0.490 e. The monoisotopic (exact) mass is 268 g/mol. The van der Waals surface area contributed by atoms with Gasteiger partial charge in [-0.2, -0.15) is 0 Å². The van der Waals surface area contributed by atoms with Gasteiger partial charge in [0, 0.05) is 11.6 Å². The van der Waals surface area contributed by atoms with Crippen LogP contribution in [0.5, 0.6) is 5.75 Å². The summed E-state index contributed by atoms with van der Waals surface area (Å²) in [5.74, 6) is -0.373. The van der Waals surface area contributed by atoms with Crippen LogP contribution in [0.4, 0.5) is 5.69 Å². The molecule has 104 valence electrons. The second kappa shape index (κ2) is 6.69. The van der Waals surface area contributed by atoms with E-state index in [1.54, 1.807) is 0 Å². The van der Waals surface area contributed by atoms with E-state index in [-0.39, 0.29) is 29.6 Å². The number of nitrogens with one attached hydrogen (secondary N) is 1. The Morgan fingerprint density at radius 2 is 2.26 bits per heavy atom. The minimum Gasteiger partial charge on any atom is -0.490 e. The van der Waals surface area contributed by atoms with E-state index in [0.29, 0.717) is 6.42 Å². The summed E-state index contributed by atoms with van der Waals surface area (Å²) < 4.78 is 4.85. The van der Waals surface area contributed by atoms with Crippen molar-refractivity contribution in [1.29, 1.82) is 0 Å². The molecule has 7 nitrogen and oxygen atoms in total. The highest BCUT2D eigenvalue weighted by atomic mass is 16.6. The lowest BCUT2D eigenvalue weighted by atomic mass is 10.1. The van der Waals surface area contributed by atoms with Gasteiger partial charge in [-0.1, -0.05) is 6.92 Å². The van der Waals surface area contributed by atoms with Crippen LogP contribution in [0, 0.1) is 10.1 Å². The number of methoxy groups -OCH3 is 1. The highest BCUT2D eigenvalue weighted by Crippen LogP contribution is 2.27. The van der Waals surface area contributed by atoms with E-state index >= 15 is 0 Å². The van der Waals surface area contributed by atoms with E-state index < -0.39 is 10.8 Å². The lowest BCUT2D eigenvalue weighted by Gasteiger charge is -2.14. The molecule has 7 heteroatoms. The topological polar surface area (TPSA) is 102 Å². The quantitative estimate of drug-likeness (QED) is 0.594. The summed E-state index contributed by atoms with van der Waals surface area (Å²) in [6, 6.07) is 3.59. The predicted molar refractivity (Wildman–Crippen MR) is 68.3 cm³/mol. The molecule has 0 aromatic heterocycles. The van der Waals surface area contributed by atoms with Crippen molar-refractivity contribution < 1.29 is 19.6 Å². The van der Waals surface area contributed by atoms with E-state index in [2.05, 4.69) is 5.32 Å². The van der Waals surface area contributed by atoms with Gasteiger partial charge in [-0.05, 0) is 18.6 Å². The minimum absolute atomic E-state index is 0.0933. The smallest absolute Gasteiger partial charge is 0.311 e. The Labute approximate surface area is 110 Å². The molecule has 0 aliphatic heterocycles. The molecular weight excluding hydrogens is 252 g/mol. The van der Waals surface area contributed by atoms with E-state index in [4.69, 9.17) is 9.84 Å². The number of amides is 1. The molecule has 0 saturated carbocycles. The molecule has 0 aliphatic carbocycles. The number of benzene rings is 1. The maximum absolute atomic E-state index is 11.9. The molecule has 0 unspecified atom stereocenters. The highest BCUT2D eigenvalue weighted by Gasteiger charge is 2.19. The van der Waals surface area contributed by atoms with E-state index in [1.165, 1.54) is 19.2 Å². The standard InChI is InChI=1S/C12H16N2O5/c1-3-9(7-15)13-12(16)8-4-5-11(19-2)10(6-8)14(17)18/h4-6,9,15H,3,7H2,1-2H3,(H,13,16)/t9-/m0/s1. The number of aliphatic hydroxyl groups excluding tert-OH is 1. The van der Waals surface area contributed by atoms with Crippen molar-refractivity contribution in [1.82, 2.24) is 5.32 Å². The molecule has 2 N–H and O–H groups in total. The molecule has 0 saturated heterocycles. The average Bonchev–Trinajstić information content (AvgIpc) is 2.43. The fraction of sp³-hybridized carbons (Fsp3) is 0.417. The van der Waals surface area contributed by atoms with Crippen LogP contribution in [0.15, 0.2) is 18.2 Å². The summed E-state index contributed by atoms with van der Waals surface area (Å²) in [5, 5.41) is 22.4. The fourth-order valence-corrected chi connectivity index (χ4v) is 1.52. The highest BCUT2D eigenvalue weighted by molar-refractivity contribution is 5.95. The molecule has 0 radical (unpaired) electrons. The van der Waals surface area contributed by atoms with Gasteiger partial charge in [0.05, 0.1) is 24.7 Å². The van der Waals surface area contributed by atoms with Gasteiger partial charge in [0.25, 0.3) is 5.91 Å². The first-order valence-electron chi connectivity index (χ1n) is 5.77. The fourth-order valence-electron chi connectivity index (χ4n) is 1.52. The number of hydrogen-bond acceptors (Lipinski definition) is 5. The first-order chi connectivity index (χ1) is 9.03. The Bertz CT molecular complexity index is 471. The number of nitro benzene ring substituents is 1.